The van der Waals surface area contributed by atoms with E-state index in [1.807, 2.05) is 0 Å². The average Bonchev–Trinajstić information content (AvgIpc) is 2.88. The SMILES string of the molecule is CC(=O)[C@H]1CC[C@H]2[C@@H]3CC(F)(F)[C@@]4(F)CC(=O)CC[C@]4(C)[C@H]3CC[C@]12C. The van der Waals surface area contributed by atoms with Crippen LogP contribution in [0.2, 0.25) is 0 Å². The normalized spacial score (nSPS) is 52.8. The Labute approximate surface area is 153 Å². The van der Waals surface area contributed by atoms with E-state index in [2.05, 4.69) is 6.92 Å². The van der Waals surface area contributed by atoms with Crippen molar-refractivity contribution >= 4 is 11.6 Å². The standard InChI is InChI=1S/C21H29F3O2/c1-12(25)15-4-5-16-14-11-21(23,24)20(22)10-13(26)6-9-19(20,3)17(14)7-8-18(15,16)2/h14-17H,4-11H2,1-3H3/t14-,15+,16-,17-,18+,19+,20+/m0/s1. The first-order valence-corrected chi connectivity index (χ1v) is 10.1. The lowest BCUT2D eigenvalue weighted by Crippen LogP contribution is -2.69. The highest BCUT2D eigenvalue weighted by Gasteiger charge is 2.75. The molecule has 0 saturated heterocycles. The van der Waals surface area contributed by atoms with Crippen molar-refractivity contribution in [2.24, 2.45) is 34.5 Å². The van der Waals surface area contributed by atoms with Crippen molar-refractivity contribution in [1.82, 2.24) is 0 Å². The molecule has 0 aromatic carbocycles. The molecule has 0 radical (unpaired) electrons. The summed E-state index contributed by atoms with van der Waals surface area (Å²) in [6.07, 6.45) is 2.35. The topological polar surface area (TPSA) is 34.1 Å². The summed E-state index contributed by atoms with van der Waals surface area (Å²) in [5, 5.41) is 0. The molecule has 0 bridgehead atoms. The third-order valence-corrected chi connectivity index (χ3v) is 9.09. The minimum Gasteiger partial charge on any atom is -0.300 e. The van der Waals surface area contributed by atoms with Gasteiger partial charge in [-0.15, -0.1) is 0 Å². The molecule has 7 atom stereocenters. The summed E-state index contributed by atoms with van der Waals surface area (Å²) in [4.78, 5) is 24.0. The molecule has 0 spiro atoms. The van der Waals surface area contributed by atoms with Gasteiger partial charge in [0.25, 0.3) is 5.92 Å². The molecular weight excluding hydrogens is 341 g/mol. The molecule has 0 N–H and O–H groups in total. The van der Waals surface area contributed by atoms with E-state index in [0.29, 0.717) is 6.42 Å². The number of alkyl halides is 3. The number of hydrogen-bond donors (Lipinski definition) is 0. The van der Waals surface area contributed by atoms with Crippen LogP contribution in [0.4, 0.5) is 13.2 Å². The number of fused-ring (bicyclic) bond motifs is 5. The van der Waals surface area contributed by atoms with Gasteiger partial charge in [0.1, 0.15) is 11.6 Å². The minimum atomic E-state index is -3.48. The summed E-state index contributed by atoms with van der Waals surface area (Å²) >= 11 is 0. The van der Waals surface area contributed by atoms with Crippen LogP contribution < -0.4 is 0 Å². The number of carbonyl (C=O) groups excluding carboxylic acids is 2. The van der Waals surface area contributed by atoms with Crippen LogP contribution in [-0.4, -0.2) is 23.2 Å². The Kier molecular flexibility index (Phi) is 3.80. The first-order valence-electron chi connectivity index (χ1n) is 10.1. The number of halogens is 3. The smallest absolute Gasteiger partial charge is 0.282 e. The third kappa shape index (κ3) is 2.06. The number of rotatable bonds is 1. The van der Waals surface area contributed by atoms with Gasteiger partial charge in [-0.2, -0.15) is 0 Å². The number of Topliss-reactive ketones (excluding diaryl/α,β-unsaturated/α-hetero) is 2. The zero-order valence-electron chi connectivity index (χ0n) is 15.9. The number of hydrogen-bond acceptors (Lipinski definition) is 2. The van der Waals surface area contributed by atoms with Crippen LogP contribution in [0.15, 0.2) is 0 Å². The van der Waals surface area contributed by atoms with Crippen molar-refractivity contribution in [1.29, 1.82) is 0 Å². The van der Waals surface area contributed by atoms with Crippen LogP contribution >= 0.6 is 0 Å². The van der Waals surface area contributed by atoms with Gasteiger partial charge in [-0.25, -0.2) is 13.2 Å². The van der Waals surface area contributed by atoms with Crippen molar-refractivity contribution in [3.05, 3.63) is 0 Å². The fourth-order valence-electron chi connectivity index (χ4n) is 7.67. The van der Waals surface area contributed by atoms with Gasteiger partial charge in [0, 0.05) is 30.6 Å². The van der Waals surface area contributed by atoms with Crippen LogP contribution in [0, 0.1) is 34.5 Å². The Morgan fingerprint density at radius 3 is 2.38 bits per heavy atom. The van der Waals surface area contributed by atoms with Crippen molar-refractivity contribution in [2.75, 3.05) is 0 Å². The second kappa shape index (κ2) is 5.35. The summed E-state index contributed by atoms with van der Waals surface area (Å²) in [6.45, 7) is 5.37. The fourth-order valence-corrected chi connectivity index (χ4v) is 7.67. The van der Waals surface area contributed by atoms with Gasteiger partial charge in [-0.1, -0.05) is 13.8 Å². The molecule has 26 heavy (non-hydrogen) atoms. The zero-order chi connectivity index (χ0) is 19.1. The van der Waals surface area contributed by atoms with E-state index >= 15 is 13.2 Å². The summed E-state index contributed by atoms with van der Waals surface area (Å²) in [5.41, 5.74) is -4.11. The Morgan fingerprint density at radius 2 is 1.73 bits per heavy atom. The molecule has 146 valence electrons. The van der Waals surface area contributed by atoms with Crippen molar-refractivity contribution in [3.63, 3.8) is 0 Å². The van der Waals surface area contributed by atoms with Crippen molar-refractivity contribution < 1.29 is 22.8 Å². The molecule has 4 rings (SSSR count). The van der Waals surface area contributed by atoms with Gasteiger partial charge in [-0.05, 0) is 62.2 Å². The molecular formula is C21H29F3O2. The molecule has 5 heteroatoms. The van der Waals surface area contributed by atoms with E-state index < -0.39 is 29.8 Å². The molecule has 4 aliphatic rings. The predicted octanol–water partition coefficient (Wildman–Crippen LogP) is 5.14. The average molecular weight is 370 g/mol. The molecule has 4 fully saturated rings. The fraction of sp³-hybridized carbons (Fsp3) is 0.905. The Bertz CT molecular complexity index is 662. The molecule has 4 saturated carbocycles. The summed E-state index contributed by atoms with van der Waals surface area (Å²) in [7, 11) is 0. The van der Waals surface area contributed by atoms with E-state index in [1.54, 1.807) is 13.8 Å². The van der Waals surface area contributed by atoms with Crippen LogP contribution in [0.5, 0.6) is 0 Å². The number of carbonyl (C=O) groups is 2. The van der Waals surface area contributed by atoms with Gasteiger partial charge in [0.15, 0.2) is 5.67 Å². The highest BCUT2D eigenvalue weighted by molar-refractivity contribution is 5.81. The highest BCUT2D eigenvalue weighted by atomic mass is 19.3. The van der Waals surface area contributed by atoms with E-state index in [0.717, 1.165) is 19.3 Å². The highest BCUT2D eigenvalue weighted by Crippen LogP contribution is 2.71. The molecule has 0 aromatic heterocycles. The first-order chi connectivity index (χ1) is 12.0. The molecule has 0 aliphatic heterocycles. The maximum absolute atomic E-state index is 15.8. The van der Waals surface area contributed by atoms with Gasteiger partial charge in [0.05, 0.1) is 0 Å². The van der Waals surface area contributed by atoms with Crippen LogP contribution in [0.3, 0.4) is 0 Å². The monoisotopic (exact) mass is 370 g/mol. The van der Waals surface area contributed by atoms with Gasteiger partial charge < -0.3 is 0 Å². The maximum atomic E-state index is 15.8. The lowest BCUT2D eigenvalue weighted by molar-refractivity contribution is -0.279. The third-order valence-electron chi connectivity index (χ3n) is 9.09. The minimum absolute atomic E-state index is 0.0556. The second-order valence-electron chi connectivity index (χ2n) is 10.0. The van der Waals surface area contributed by atoms with E-state index in [9.17, 15) is 9.59 Å². The Morgan fingerprint density at radius 1 is 1.04 bits per heavy atom. The van der Waals surface area contributed by atoms with E-state index in [-0.39, 0.29) is 53.5 Å². The van der Waals surface area contributed by atoms with Crippen LogP contribution in [0.1, 0.15) is 72.1 Å². The van der Waals surface area contributed by atoms with Crippen molar-refractivity contribution in [3.8, 4) is 0 Å². The van der Waals surface area contributed by atoms with Crippen LogP contribution in [0.25, 0.3) is 0 Å². The summed E-state index contributed by atoms with van der Waals surface area (Å²) in [5.74, 6) is -4.07. The quantitative estimate of drug-likeness (QED) is 0.640. The summed E-state index contributed by atoms with van der Waals surface area (Å²) in [6, 6.07) is 0. The predicted molar refractivity (Wildman–Crippen MR) is 91.6 cm³/mol. The Hall–Kier alpha value is -0.870. The van der Waals surface area contributed by atoms with Gasteiger partial charge in [0.2, 0.25) is 0 Å². The molecule has 4 aliphatic carbocycles. The molecule has 0 amide bonds. The molecule has 2 nitrogen and oxygen atoms in total. The maximum Gasteiger partial charge on any atom is 0.282 e. The van der Waals surface area contributed by atoms with E-state index in [4.69, 9.17) is 0 Å². The second-order valence-corrected chi connectivity index (χ2v) is 10.0. The van der Waals surface area contributed by atoms with Gasteiger partial charge in [-0.3, -0.25) is 9.59 Å². The first kappa shape index (κ1) is 18.5. The molecule has 0 aromatic rings. The van der Waals surface area contributed by atoms with Gasteiger partial charge >= 0.3 is 0 Å². The largest absolute Gasteiger partial charge is 0.300 e. The lowest BCUT2D eigenvalue weighted by atomic mass is 9.43. The van der Waals surface area contributed by atoms with Crippen molar-refractivity contribution in [2.45, 2.75) is 83.7 Å². The zero-order valence-corrected chi connectivity index (χ0v) is 15.9. The molecule has 0 heterocycles. The van der Waals surface area contributed by atoms with E-state index in [1.165, 1.54) is 0 Å². The summed E-state index contributed by atoms with van der Waals surface area (Å²) < 4.78 is 46.1. The Balaban J connectivity index is 1.75. The molecule has 0 unspecified atom stereocenters. The van der Waals surface area contributed by atoms with Crippen LogP contribution in [-0.2, 0) is 9.59 Å². The number of ketones is 2. The lowest BCUT2D eigenvalue weighted by Gasteiger charge is -2.63.